The third kappa shape index (κ3) is 3.61. The van der Waals surface area contributed by atoms with Crippen molar-refractivity contribution in [3.05, 3.63) is 108 Å². The predicted molar refractivity (Wildman–Crippen MR) is 126 cm³/mol. The van der Waals surface area contributed by atoms with Crippen molar-refractivity contribution in [2.24, 2.45) is 0 Å². The Kier molecular flexibility index (Phi) is 5.11. The van der Waals surface area contributed by atoms with Crippen LogP contribution in [-0.2, 0) is 9.59 Å². The zero-order valence-corrected chi connectivity index (χ0v) is 17.7. The molecule has 0 aromatic heterocycles. The molecule has 6 heteroatoms. The maximum Gasteiger partial charge on any atom is 0.282 e. The Labute approximate surface area is 189 Å². The Bertz CT molecular complexity index is 1400. The van der Waals surface area contributed by atoms with Gasteiger partial charge < -0.3 is 10.1 Å². The number of halogens is 1. The average molecular weight is 438 g/mol. The van der Waals surface area contributed by atoms with Gasteiger partial charge in [-0.25, -0.2) is 9.29 Å². The van der Waals surface area contributed by atoms with Crippen LogP contribution in [0.2, 0.25) is 0 Å². The second kappa shape index (κ2) is 8.24. The van der Waals surface area contributed by atoms with Gasteiger partial charge in [-0.3, -0.25) is 9.59 Å². The van der Waals surface area contributed by atoms with E-state index < -0.39 is 17.6 Å². The summed E-state index contributed by atoms with van der Waals surface area (Å²) < 4.78 is 18.6. The molecule has 5 rings (SSSR count). The fourth-order valence-electron chi connectivity index (χ4n) is 3.97. The van der Waals surface area contributed by atoms with Gasteiger partial charge in [0.2, 0.25) is 0 Å². The number of imide groups is 1. The molecule has 0 saturated carbocycles. The minimum Gasteiger partial charge on any atom is -0.497 e. The van der Waals surface area contributed by atoms with E-state index in [9.17, 15) is 14.0 Å². The van der Waals surface area contributed by atoms with E-state index in [4.69, 9.17) is 4.74 Å². The molecule has 1 aliphatic rings. The van der Waals surface area contributed by atoms with Gasteiger partial charge in [0.1, 0.15) is 17.3 Å². The molecular weight excluding hydrogens is 419 g/mol. The number of carbonyl (C=O) groups is 2. The van der Waals surface area contributed by atoms with Crippen molar-refractivity contribution in [2.45, 2.75) is 0 Å². The van der Waals surface area contributed by atoms with Crippen LogP contribution in [0.1, 0.15) is 5.56 Å². The number of ether oxygens (including phenoxy) is 1. The van der Waals surface area contributed by atoms with Crippen LogP contribution in [-0.4, -0.2) is 18.9 Å². The smallest absolute Gasteiger partial charge is 0.282 e. The van der Waals surface area contributed by atoms with Crippen LogP contribution in [0, 0.1) is 5.82 Å². The highest BCUT2D eigenvalue weighted by Gasteiger charge is 2.40. The molecule has 4 aromatic carbocycles. The number of rotatable bonds is 5. The van der Waals surface area contributed by atoms with Crippen LogP contribution in [0.4, 0.5) is 15.8 Å². The molecule has 5 nitrogen and oxygen atoms in total. The molecule has 162 valence electrons. The average Bonchev–Trinajstić information content (AvgIpc) is 3.09. The SMILES string of the molecule is COc1ccc(C2=C(Nc3ccc(F)cc3)C(=O)N(c3cccc4ccccc34)C2=O)cc1. The molecule has 2 amide bonds. The Morgan fingerprint density at radius 1 is 0.788 bits per heavy atom. The second-order valence-electron chi connectivity index (χ2n) is 7.55. The number of hydrogen-bond donors (Lipinski definition) is 1. The highest BCUT2D eigenvalue weighted by molar-refractivity contribution is 6.47. The monoisotopic (exact) mass is 438 g/mol. The lowest BCUT2D eigenvalue weighted by Crippen LogP contribution is -2.32. The van der Waals surface area contributed by atoms with Crippen LogP contribution < -0.4 is 15.0 Å². The van der Waals surface area contributed by atoms with E-state index in [0.29, 0.717) is 22.7 Å². The summed E-state index contributed by atoms with van der Waals surface area (Å²) in [4.78, 5) is 28.5. The molecule has 1 heterocycles. The number of nitrogens with one attached hydrogen (secondary N) is 1. The molecule has 0 fully saturated rings. The molecule has 4 aromatic rings. The number of anilines is 2. The number of carbonyl (C=O) groups excluding carboxylic acids is 2. The van der Waals surface area contributed by atoms with Crippen molar-refractivity contribution in [3.8, 4) is 5.75 Å². The minimum absolute atomic E-state index is 0.129. The third-order valence-electron chi connectivity index (χ3n) is 5.58. The van der Waals surface area contributed by atoms with Crippen molar-refractivity contribution in [1.82, 2.24) is 0 Å². The summed E-state index contributed by atoms with van der Waals surface area (Å²) >= 11 is 0. The Morgan fingerprint density at radius 3 is 2.21 bits per heavy atom. The van der Waals surface area contributed by atoms with E-state index in [2.05, 4.69) is 5.32 Å². The zero-order valence-electron chi connectivity index (χ0n) is 17.7. The van der Waals surface area contributed by atoms with Gasteiger partial charge in [0, 0.05) is 11.1 Å². The summed E-state index contributed by atoms with van der Waals surface area (Å²) in [5.74, 6) is -0.677. The molecule has 0 aliphatic carbocycles. The molecule has 0 unspecified atom stereocenters. The van der Waals surface area contributed by atoms with Gasteiger partial charge in [0.05, 0.1) is 18.4 Å². The second-order valence-corrected chi connectivity index (χ2v) is 7.55. The number of benzene rings is 4. The Hall–Kier alpha value is -4.45. The van der Waals surface area contributed by atoms with Crippen molar-refractivity contribution >= 4 is 39.5 Å². The van der Waals surface area contributed by atoms with Crippen molar-refractivity contribution in [1.29, 1.82) is 0 Å². The van der Waals surface area contributed by atoms with Gasteiger partial charge in [0.25, 0.3) is 11.8 Å². The van der Waals surface area contributed by atoms with E-state index in [0.717, 1.165) is 10.8 Å². The summed E-state index contributed by atoms with van der Waals surface area (Å²) in [6.07, 6.45) is 0. The standard InChI is InChI=1S/C27H19FN2O3/c1-33-21-15-9-18(10-16-21)24-25(29-20-13-11-19(28)12-14-20)27(32)30(26(24)31)23-8-4-6-17-5-2-3-7-22(17)23/h2-16,29H,1H3. The largest absolute Gasteiger partial charge is 0.497 e. The zero-order chi connectivity index (χ0) is 22.9. The number of nitrogens with zero attached hydrogens (tertiary/aromatic N) is 1. The van der Waals surface area contributed by atoms with E-state index >= 15 is 0 Å². The van der Waals surface area contributed by atoms with Crippen molar-refractivity contribution < 1.29 is 18.7 Å². The van der Waals surface area contributed by atoms with Gasteiger partial charge >= 0.3 is 0 Å². The normalized spacial score (nSPS) is 13.7. The van der Waals surface area contributed by atoms with Crippen molar-refractivity contribution in [2.75, 3.05) is 17.3 Å². The Morgan fingerprint density at radius 2 is 1.48 bits per heavy atom. The van der Waals surface area contributed by atoms with E-state index in [1.54, 1.807) is 37.4 Å². The first-order valence-electron chi connectivity index (χ1n) is 10.3. The first-order chi connectivity index (χ1) is 16.1. The number of methoxy groups -OCH3 is 1. The van der Waals surface area contributed by atoms with Crippen LogP contribution in [0.15, 0.2) is 96.7 Å². The lowest BCUT2D eigenvalue weighted by molar-refractivity contribution is -0.120. The summed E-state index contributed by atoms with van der Waals surface area (Å²) in [6.45, 7) is 0. The van der Waals surface area contributed by atoms with Crippen molar-refractivity contribution in [3.63, 3.8) is 0 Å². The van der Waals surface area contributed by atoms with Crippen LogP contribution in [0.25, 0.3) is 16.3 Å². The lowest BCUT2D eigenvalue weighted by atomic mass is 10.0. The highest BCUT2D eigenvalue weighted by atomic mass is 19.1. The molecule has 1 N–H and O–H groups in total. The topological polar surface area (TPSA) is 58.6 Å². The Balaban J connectivity index is 1.65. The molecule has 0 bridgehead atoms. The maximum absolute atomic E-state index is 13.7. The highest BCUT2D eigenvalue weighted by Crippen LogP contribution is 2.37. The molecule has 0 radical (unpaired) electrons. The van der Waals surface area contributed by atoms with E-state index in [1.807, 2.05) is 36.4 Å². The van der Waals surface area contributed by atoms with Gasteiger partial charge in [-0.1, -0.05) is 48.5 Å². The first-order valence-corrected chi connectivity index (χ1v) is 10.3. The van der Waals surface area contributed by atoms with E-state index in [1.165, 1.54) is 29.2 Å². The van der Waals surface area contributed by atoms with Gasteiger partial charge in [-0.15, -0.1) is 0 Å². The first kappa shape index (κ1) is 20.5. The summed E-state index contributed by atoms with van der Waals surface area (Å²) in [5.41, 5.74) is 1.94. The fraction of sp³-hybridized carbons (Fsp3) is 0.0370. The number of fused-ring (bicyclic) bond motifs is 1. The minimum atomic E-state index is -0.480. The quantitative estimate of drug-likeness (QED) is 0.425. The van der Waals surface area contributed by atoms with Crippen LogP contribution >= 0.6 is 0 Å². The van der Waals surface area contributed by atoms with E-state index in [-0.39, 0.29) is 11.3 Å². The van der Waals surface area contributed by atoms with Crippen LogP contribution in [0.3, 0.4) is 0 Å². The maximum atomic E-state index is 13.7. The molecule has 0 atom stereocenters. The molecule has 1 aliphatic heterocycles. The molecule has 0 saturated heterocycles. The molecular formula is C27H19FN2O3. The van der Waals surface area contributed by atoms with Gasteiger partial charge in [0.15, 0.2) is 0 Å². The fourth-order valence-corrected chi connectivity index (χ4v) is 3.97. The summed E-state index contributed by atoms with van der Waals surface area (Å²) in [6, 6.07) is 25.6. The number of amides is 2. The van der Waals surface area contributed by atoms with Gasteiger partial charge in [-0.05, 0) is 53.4 Å². The predicted octanol–water partition coefficient (Wildman–Crippen LogP) is 5.38. The summed E-state index contributed by atoms with van der Waals surface area (Å²) in [7, 11) is 1.56. The third-order valence-corrected chi connectivity index (χ3v) is 5.58. The molecule has 33 heavy (non-hydrogen) atoms. The lowest BCUT2D eigenvalue weighted by Gasteiger charge is -2.18. The summed E-state index contributed by atoms with van der Waals surface area (Å²) in [5, 5.41) is 4.75. The van der Waals surface area contributed by atoms with Crippen LogP contribution in [0.5, 0.6) is 5.75 Å². The van der Waals surface area contributed by atoms with Gasteiger partial charge in [-0.2, -0.15) is 0 Å². The number of hydrogen-bond acceptors (Lipinski definition) is 4. The molecule has 0 spiro atoms.